The summed E-state index contributed by atoms with van der Waals surface area (Å²) in [5, 5.41) is 9.62. The normalized spacial score (nSPS) is 17.1. The van der Waals surface area contributed by atoms with E-state index in [-0.39, 0.29) is 12.0 Å². The lowest BCUT2D eigenvalue weighted by atomic mass is 9.75. The molecule has 1 saturated heterocycles. The van der Waals surface area contributed by atoms with Gasteiger partial charge in [-0.25, -0.2) is 13.6 Å². The standard InChI is InChI=1S/C19H24F2N2O2/c1-13-9-15(20)14(16(21)10-13)11-19(12-22)5-7-23(8-6-19)17(24)25-18(2,3)4/h9-10H,5-8,11H2,1-4H3. The average Bonchev–Trinajstić information content (AvgIpc) is 2.50. The summed E-state index contributed by atoms with van der Waals surface area (Å²) in [6.07, 6.45) is 0.293. The van der Waals surface area contributed by atoms with E-state index in [2.05, 4.69) is 6.07 Å². The number of halogens is 2. The summed E-state index contributed by atoms with van der Waals surface area (Å²) >= 11 is 0. The molecule has 0 saturated carbocycles. The highest BCUT2D eigenvalue weighted by molar-refractivity contribution is 5.68. The third-order valence-corrected chi connectivity index (χ3v) is 4.41. The maximum atomic E-state index is 14.1. The van der Waals surface area contributed by atoms with Crippen molar-refractivity contribution in [3.63, 3.8) is 0 Å². The van der Waals surface area contributed by atoms with Gasteiger partial charge in [0, 0.05) is 18.7 Å². The number of hydrogen-bond acceptors (Lipinski definition) is 3. The zero-order valence-electron chi connectivity index (χ0n) is 15.2. The van der Waals surface area contributed by atoms with Gasteiger partial charge in [-0.3, -0.25) is 0 Å². The third-order valence-electron chi connectivity index (χ3n) is 4.41. The molecule has 1 heterocycles. The lowest BCUT2D eigenvalue weighted by molar-refractivity contribution is 0.0147. The van der Waals surface area contributed by atoms with Crippen molar-refractivity contribution in [1.29, 1.82) is 5.26 Å². The molecule has 0 N–H and O–H groups in total. The topological polar surface area (TPSA) is 53.3 Å². The molecule has 0 aromatic heterocycles. The predicted molar refractivity (Wildman–Crippen MR) is 89.9 cm³/mol. The number of nitrogens with zero attached hydrogens (tertiary/aromatic N) is 2. The highest BCUT2D eigenvalue weighted by atomic mass is 19.1. The Labute approximate surface area is 147 Å². The van der Waals surface area contributed by atoms with Crippen LogP contribution >= 0.6 is 0 Å². The van der Waals surface area contributed by atoms with Crippen LogP contribution in [-0.4, -0.2) is 29.7 Å². The second-order valence-corrected chi connectivity index (χ2v) is 7.74. The minimum atomic E-state index is -0.880. The summed E-state index contributed by atoms with van der Waals surface area (Å²) in [6.45, 7) is 7.65. The number of rotatable bonds is 2. The fourth-order valence-electron chi connectivity index (χ4n) is 3.01. The SMILES string of the molecule is Cc1cc(F)c(CC2(C#N)CCN(C(=O)OC(C)(C)C)CC2)c(F)c1. The molecule has 0 bridgehead atoms. The summed E-state index contributed by atoms with van der Waals surface area (Å²) in [4.78, 5) is 13.7. The second-order valence-electron chi connectivity index (χ2n) is 7.74. The minimum absolute atomic E-state index is 0.00358. The van der Waals surface area contributed by atoms with Gasteiger partial charge in [-0.05, 0) is 64.7 Å². The van der Waals surface area contributed by atoms with Crippen LogP contribution in [0.2, 0.25) is 0 Å². The highest BCUT2D eigenvalue weighted by Gasteiger charge is 2.38. The Kier molecular flexibility index (Phi) is 5.36. The number of likely N-dealkylation sites (tertiary alicyclic amines) is 1. The van der Waals surface area contributed by atoms with Crippen molar-refractivity contribution in [3.05, 3.63) is 34.9 Å². The second kappa shape index (κ2) is 6.99. The van der Waals surface area contributed by atoms with Gasteiger partial charge in [0.1, 0.15) is 17.2 Å². The molecule has 1 amide bonds. The first-order chi connectivity index (χ1) is 11.6. The van der Waals surface area contributed by atoms with Crippen LogP contribution in [0.5, 0.6) is 0 Å². The van der Waals surface area contributed by atoms with Gasteiger partial charge in [0.05, 0.1) is 11.5 Å². The molecular weight excluding hydrogens is 326 g/mol. The maximum absolute atomic E-state index is 14.1. The molecule has 6 heteroatoms. The van der Waals surface area contributed by atoms with Crippen molar-refractivity contribution in [2.45, 2.75) is 52.6 Å². The van der Waals surface area contributed by atoms with Gasteiger partial charge in [0.25, 0.3) is 0 Å². The monoisotopic (exact) mass is 350 g/mol. The van der Waals surface area contributed by atoms with Gasteiger partial charge in [0.15, 0.2) is 0 Å². The van der Waals surface area contributed by atoms with E-state index in [4.69, 9.17) is 4.74 Å². The van der Waals surface area contributed by atoms with Gasteiger partial charge in [-0.2, -0.15) is 5.26 Å². The number of carbonyl (C=O) groups excluding carboxylic acids is 1. The molecule has 1 aromatic rings. The van der Waals surface area contributed by atoms with Crippen molar-refractivity contribution in [1.82, 2.24) is 4.90 Å². The van der Waals surface area contributed by atoms with Crippen LogP contribution in [-0.2, 0) is 11.2 Å². The highest BCUT2D eigenvalue weighted by Crippen LogP contribution is 2.36. The summed E-state index contributed by atoms with van der Waals surface area (Å²) < 4.78 is 33.6. The molecule has 0 radical (unpaired) electrons. The Bertz CT molecular complexity index is 673. The van der Waals surface area contributed by atoms with Crippen LogP contribution in [0.4, 0.5) is 13.6 Å². The van der Waals surface area contributed by atoms with E-state index in [1.807, 2.05) is 0 Å². The Morgan fingerprint density at radius 3 is 2.24 bits per heavy atom. The van der Waals surface area contributed by atoms with Crippen LogP contribution in [0.15, 0.2) is 12.1 Å². The van der Waals surface area contributed by atoms with Crippen molar-refractivity contribution in [2.24, 2.45) is 5.41 Å². The molecule has 1 aliphatic rings. The molecular formula is C19H24F2N2O2. The van der Waals surface area contributed by atoms with Crippen molar-refractivity contribution in [2.75, 3.05) is 13.1 Å². The number of amides is 1. The van der Waals surface area contributed by atoms with Crippen molar-refractivity contribution < 1.29 is 18.3 Å². The van der Waals surface area contributed by atoms with Crippen molar-refractivity contribution in [3.8, 4) is 6.07 Å². The van der Waals surface area contributed by atoms with Gasteiger partial charge < -0.3 is 9.64 Å². The molecule has 4 nitrogen and oxygen atoms in total. The van der Waals surface area contributed by atoms with E-state index in [0.717, 1.165) is 0 Å². The maximum Gasteiger partial charge on any atom is 0.410 e. The number of nitriles is 1. The Morgan fingerprint density at radius 1 is 1.28 bits per heavy atom. The van der Waals surface area contributed by atoms with E-state index in [0.29, 0.717) is 31.5 Å². The fourth-order valence-corrected chi connectivity index (χ4v) is 3.01. The molecule has 2 rings (SSSR count). The van der Waals surface area contributed by atoms with Gasteiger partial charge in [0.2, 0.25) is 0 Å². The van der Waals surface area contributed by atoms with Crippen molar-refractivity contribution >= 4 is 6.09 Å². The largest absolute Gasteiger partial charge is 0.444 e. The fraction of sp³-hybridized carbons (Fsp3) is 0.579. The summed E-state index contributed by atoms with van der Waals surface area (Å²) in [5.74, 6) is -1.25. The Hall–Kier alpha value is -2.16. The minimum Gasteiger partial charge on any atom is -0.444 e. The number of hydrogen-bond donors (Lipinski definition) is 0. The van der Waals surface area contributed by atoms with Crippen LogP contribution in [0.3, 0.4) is 0 Å². The van der Waals surface area contributed by atoms with Gasteiger partial charge in [-0.15, -0.1) is 0 Å². The number of benzene rings is 1. The van der Waals surface area contributed by atoms with E-state index in [9.17, 15) is 18.8 Å². The molecule has 0 unspecified atom stereocenters. The van der Waals surface area contributed by atoms with Crippen LogP contribution in [0.25, 0.3) is 0 Å². The quantitative estimate of drug-likeness (QED) is 0.796. The number of ether oxygens (including phenoxy) is 1. The van der Waals surface area contributed by atoms with Gasteiger partial charge in [-0.1, -0.05) is 0 Å². The van der Waals surface area contributed by atoms with E-state index in [1.165, 1.54) is 12.1 Å². The average molecular weight is 350 g/mol. The molecule has 0 spiro atoms. The Balaban J connectivity index is 2.10. The zero-order valence-corrected chi connectivity index (χ0v) is 15.2. The number of carbonyl (C=O) groups is 1. The number of piperidine rings is 1. The molecule has 136 valence electrons. The molecule has 1 aliphatic heterocycles. The molecule has 25 heavy (non-hydrogen) atoms. The van der Waals surface area contributed by atoms with E-state index < -0.39 is 28.7 Å². The van der Waals surface area contributed by atoms with Gasteiger partial charge >= 0.3 is 6.09 Å². The first-order valence-corrected chi connectivity index (χ1v) is 8.39. The Morgan fingerprint density at radius 2 is 1.80 bits per heavy atom. The third kappa shape index (κ3) is 4.68. The lowest BCUT2D eigenvalue weighted by Crippen LogP contribution is -2.45. The lowest BCUT2D eigenvalue weighted by Gasteiger charge is -2.38. The van der Waals surface area contributed by atoms with Crippen LogP contribution < -0.4 is 0 Å². The summed E-state index contributed by atoms with van der Waals surface area (Å²) in [7, 11) is 0. The predicted octanol–water partition coefficient (Wildman–Crippen LogP) is 4.36. The van der Waals surface area contributed by atoms with E-state index >= 15 is 0 Å². The summed E-state index contributed by atoms with van der Waals surface area (Å²) in [5.41, 5.74) is -1.02. The number of aryl methyl sites for hydroxylation is 1. The van der Waals surface area contributed by atoms with Crippen LogP contribution in [0.1, 0.15) is 44.7 Å². The first kappa shape index (κ1) is 19.2. The smallest absolute Gasteiger partial charge is 0.410 e. The van der Waals surface area contributed by atoms with Crippen LogP contribution in [0, 0.1) is 35.3 Å². The first-order valence-electron chi connectivity index (χ1n) is 8.39. The molecule has 1 aromatic carbocycles. The zero-order chi connectivity index (χ0) is 18.8. The molecule has 1 fully saturated rings. The molecule has 0 aliphatic carbocycles. The molecule has 0 atom stereocenters. The van der Waals surface area contributed by atoms with E-state index in [1.54, 1.807) is 32.6 Å². The summed E-state index contributed by atoms with van der Waals surface area (Å²) in [6, 6.07) is 4.78.